The van der Waals surface area contributed by atoms with E-state index in [1.54, 1.807) is 43.7 Å². The zero-order valence-electron chi connectivity index (χ0n) is 22.7. The van der Waals surface area contributed by atoms with E-state index >= 15 is 0 Å². The molecule has 1 aliphatic rings. The number of nitrogens with zero attached hydrogens (tertiary/aromatic N) is 5. The van der Waals surface area contributed by atoms with Crippen LogP contribution >= 0.6 is 0 Å². The molecule has 0 atom stereocenters. The first-order valence-corrected chi connectivity index (χ1v) is 13.4. The molecule has 0 radical (unpaired) electrons. The summed E-state index contributed by atoms with van der Waals surface area (Å²) in [4.78, 5) is 32.7. The minimum absolute atomic E-state index is 0.00460. The second kappa shape index (κ2) is 12.0. The standard InChI is InChI=1S/C30H30F3N7O/c1-3-40-11-7-20(8-12-40)22-13-24(30(31,32)33)16-25(14-22)37-28(41)23-15-27(19(2)36-18-23)39-29-35-10-6-26(38-29)21-5-4-9-34-17-21/h4-6,9-10,13-18,20H,3,7-8,11-12H2,1-2H3,(H,37,41)(H,35,38,39). The van der Waals surface area contributed by atoms with E-state index in [-0.39, 0.29) is 17.2 Å². The fourth-order valence-corrected chi connectivity index (χ4v) is 4.91. The first-order valence-electron chi connectivity index (χ1n) is 13.4. The third-order valence-corrected chi connectivity index (χ3v) is 7.26. The van der Waals surface area contributed by atoms with Gasteiger partial charge in [0.1, 0.15) is 0 Å². The van der Waals surface area contributed by atoms with Crippen molar-refractivity contribution in [2.75, 3.05) is 30.3 Å². The lowest BCUT2D eigenvalue weighted by Gasteiger charge is -2.31. The van der Waals surface area contributed by atoms with Gasteiger partial charge in [-0.1, -0.05) is 6.92 Å². The number of anilines is 3. The number of aryl methyl sites for hydroxylation is 1. The zero-order valence-corrected chi connectivity index (χ0v) is 22.7. The number of piperidine rings is 1. The van der Waals surface area contributed by atoms with Gasteiger partial charge in [-0.2, -0.15) is 13.2 Å². The first-order chi connectivity index (χ1) is 19.7. The fraction of sp³-hybridized carbons (Fsp3) is 0.300. The summed E-state index contributed by atoms with van der Waals surface area (Å²) in [6.45, 7) is 6.42. The maximum Gasteiger partial charge on any atom is 0.416 e. The molecule has 1 aliphatic heterocycles. The highest BCUT2D eigenvalue weighted by atomic mass is 19.4. The number of alkyl halides is 3. The molecule has 8 nitrogen and oxygen atoms in total. The average Bonchev–Trinajstić information content (AvgIpc) is 2.98. The average molecular weight is 562 g/mol. The Labute approximate surface area is 236 Å². The van der Waals surface area contributed by atoms with Gasteiger partial charge in [-0.05, 0) is 93.3 Å². The van der Waals surface area contributed by atoms with Crippen LogP contribution in [0.4, 0.5) is 30.5 Å². The second-order valence-corrected chi connectivity index (χ2v) is 9.99. The van der Waals surface area contributed by atoms with Crippen LogP contribution in [0.2, 0.25) is 0 Å². The summed E-state index contributed by atoms with van der Waals surface area (Å²) in [7, 11) is 0. The van der Waals surface area contributed by atoms with E-state index in [1.807, 2.05) is 12.1 Å². The lowest BCUT2D eigenvalue weighted by molar-refractivity contribution is -0.137. The van der Waals surface area contributed by atoms with Crippen molar-refractivity contribution < 1.29 is 18.0 Å². The minimum Gasteiger partial charge on any atom is -0.323 e. The van der Waals surface area contributed by atoms with E-state index in [0.717, 1.165) is 44.1 Å². The van der Waals surface area contributed by atoms with Gasteiger partial charge in [0, 0.05) is 36.0 Å². The molecule has 11 heteroatoms. The van der Waals surface area contributed by atoms with Gasteiger partial charge in [-0.3, -0.25) is 14.8 Å². The number of hydrogen-bond donors (Lipinski definition) is 2. The van der Waals surface area contributed by atoms with E-state index in [2.05, 4.69) is 42.4 Å². The molecule has 5 rings (SSSR count). The lowest BCUT2D eigenvalue weighted by atomic mass is 9.88. The number of aromatic nitrogens is 4. The number of carbonyl (C=O) groups excluding carboxylic acids is 1. The third kappa shape index (κ3) is 6.86. The summed E-state index contributed by atoms with van der Waals surface area (Å²) < 4.78 is 41.3. The zero-order chi connectivity index (χ0) is 29.0. The Kier molecular flexibility index (Phi) is 8.25. The topological polar surface area (TPSA) is 95.9 Å². The molecule has 4 heterocycles. The summed E-state index contributed by atoms with van der Waals surface area (Å²) in [6.07, 6.45) is 3.36. The monoisotopic (exact) mass is 561 g/mol. The van der Waals surface area contributed by atoms with Crippen LogP contribution in [-0.4, -0.2) is 50.4 Å². The van der Waals surface area contributed by atoms with E-state index in [1.165, 1.54) is 12.3 Å². The number of nitrogens with one attached hydrogen (secondary N) is 2. The van der Waals surface area contributed by atoms with Crippen molar-refractivity contribution in [3.63, 3.8) is 0 Å². The maximum atomic E-state index is 13.8. The van der Waals surface area contributed by atoms with Gasteiger partial charge in [-0.25, -0.2) is 9.97 Å². The van der Waals surface area contributed by atoms with Gasteiger partial charge in [0.15, 0.2) is 0 Å². The smallest absolute Gasteiger partial charge is 0.323 e. The largest absolute Gasteiger partial charge is 0.416 e. The molecule has 0 unspecified atom stereocenters. The van der Waals surface area contributed by atoms with E-state index in [4.69, 9.17) is 0 Å². The molecule has 0 aliphatic carbocycles. The number of carbonyl (C=O) groups is 1. The number of pyridine rings is 2. The summed E-state index contributed by atoms with van der Waals surface area (Å²) in [6, 6.07) is 10.9. The Morgan fingerprint density at radius 1 is 1.05 bits per heavy atom. The molecule has 1 saturated heterocycles. The molecule has 4 aromatic rings. The Morgan fingerprint density at radius 2 is 1.85 bits per heavy atom. The molecular formula is C30H30F3N7O. The lowest BCUT2D eigenvalue weighted by Crippen LogP contribution is -2.32. The van der Waals surface area contributed by atoms with Crippen molar-refractivity contribution in [2.24, 2.45) is 0 Å². The van der Waals surface area contributed by atoms with E-state index in [0.29, 0.717) is 28.6 Å². The van der Waals surface area contributed by atoms with Crippen molar-refractivity contribution in [3.8, 4) is 11.3 Å². The van der Waals surface area contributed by atoms with Crippen LogP contribution in [0.1, 0.15) is 52.9 Å². The van der Waals surface area contributed by atoms with Crippen LogP contribution in [-0.2, 0) is 6.18 Å². The second-order valence-electron chi connectivity index (χ2n) is 9.99. The fourth-order valence-electron chi connectivity index (χ4n) is 4.91. The molecule has 1 aromatic carbocycles. The summed E-state index contributed by atoms with van der Waals surface area (Å²) >= 11 is 0. The predicted molar refractivity (Wildman–Crippen MR) is 151 cm³/mol. The summed E-state index contributed by atoms with van der Waals surface area (Å²) in [5.74, 6) is -0.280. The number of rotatable bonds is 7. The number of halogens is 3. The number of amides is 1. The normalized spacial score (nSPS) is 14.6. The predicted octanol–water partition coefficient (Wildman–Crippen LogP) is 6.46. The highest BCUT2D eigenvalue weighted by Crippen LogP contribution is 2.36. The van der Waals surface area contributed by atoms with Crippen LogP contribution in [0.25, 0.3) is 11.3 Å². The molecule has 3 aromatic heterocycles. The first kappa shape index (κ1) is 28.2. The van der Waals surface area contributed by atoms with Crippen molar-refractivity contribution in [2.45, 2.75) is 38.8 Å². The molecular weight excluding hydrogens is 531 g/mol. The van der Waals surface area contributed by atoms with Crippen LogP contribution < -0.4 is 10.6 Å². The van der Waals surface area contributed by atoms with Crippen molar-refractivity contribution >= 4 is 23.2 Å². The van der Waals surface area contributed by atoms with Crippen LogP contribution in [0, 0.1) is 6.92 Å². The van der Waals surface area contributed by atoms with Gasteiger partial charge in [0.05, 0.1) is 28.2 Å². The van der Waals surface area contributed by atoms with Crippen molar-refractivity contribution in [3.05, 3.63) is 89.6 Å². The molecule has 0 bridgehead atoms. The maximum absolute atomic E-state index is 13.8. The van der Waals surface area contributed by atoms with Gasteiger partial charge >= 0.3 is 6.18 Å². The van der Waals surface area contributed by atoms with Crippen LogP contribution in [0.5, 0.6) is 0 Å². The van der Waals surface area contributed by atoms with Gasteiger partial charge in [-0.15, -0.1) is 0 Å². The highest BCUT2D eigenvalue weighted by molar-refractivity contribution is 6.04. The van der Waals surface area contributed by atoms with Gasteiger partial charge in [0.25, 0.3) is 5.91 Å². The molecule has 0 saturated carbocycles. The van der Waals surface area contributed by atoms with E-state index in [9.17, 15) is 18.0 Å². The van der Waals surface area contributed by atoms with E-state index < -0.39 is 17.6 Å². The molecule has 212 valence electrons. The number of likely N-dealkylation sites (tertiary alicyclic amines) is 1. The molecule has 1 amide bonds. The van der Waals surface area contributed by atoms with Crippen molar-refractivity contribution in [1.82, 2.24) is 24.8 Å². The van der Waals surface area contributed by atoms with Gasteiger partial charge in [0.2, 0.25) is 5.95 Å². The van der Waals surface area contributed by atoms with Crippen molar-refractivity contribution in [1.29, 1.82) is 0 Å². The van der Waals surface area contributed by atoms with Gasteiger partial charge < -0.3 is 15.5 Å². The molecule has 1 fully saturated rings. The van der Waals surface area contributed by atoms with Crippen LogP contribution in [0.15, 0.2) is 67.3 Å². The Hall–Kier alpha value is -4.38. The third-order valence-electron chi connectivity index (χ3n) is 7.26. The Balaban J connectivity index is 1.36. The number of benzene rings is 1. The summed E-state index contributed by atoms with van der Waals surface area (Å²) in [5, 5.41) is 5.75. The molecule has 2 N–H and O–H groups in total. The number of hydrogen-bond acceptors (Lipinski definition) is 7. The molecule has 0 spiro atoms. The quantitative estimate of drug-likeness (QED) is 0.268. The summed E-state index contributed by atoms with van der Waals surface area (Å²) in [5.41, 5.74) is 2.65. The highest BCUT2D eigenvalue weighted by Gasteiger charge is 2.32. The Bertz CT molecular complexity index is 1520. The van der Waals surface area contributed by atoms with Crippen LogP contribution in [0.3, 0.4) is 0 Å². The minimum atomic E-state index is -4.54. The SMILES string of the molecule is CCN1CCC(c2cc(NC(=O)c3cnc(C)c(Nc4nccc(-c5cccnc5)n4)c3)cc(C(F)(F)F)c2)CC1. The molecule has 41 heavy (non-hydrogen) atoms. The Morgan fingerprint density at radius 3 is 2.56 bits per heavy atom.